The predicted octanol–water partition coefficient (Wildman–Crippen LogP) is 3.21. The molecule has 0 heterocycles. The van der Waals surface area contributed by atoms with Gasteiger partial charge in [-0.3, -0.25) is 0 Å². The van der Waals surface area contributed by atoms with Crippen LogP contribution < -0.4 is 10.1 Å². The highest BCUT2D eigenvalue weighted by Gasteiger charge is 2.20. The van der Waals surface area contributed by atoms with E-state index in [1.165, 1.54) is 18.9 Å². The molecule has 100 valence electrons. The standard InChI is InChI=1S/C14H20FNOS/c1-2-18-6-5-17-14-8-11(7-12(15)9-14)10-16-13-3-4-13/h7-9,13,16H,2-6,10H2,1H3. The van der Waals surface area contributed by atoms with Crippen molar-refractivity contribution in [1.29, 1.82) is 0 Å². The van der Waals surface area contributed by atoms with Gasteiger partial charge in [0.05, 0.1) is 6.61 Å². The lowest BCUT2D eigenvalue weighted by atomic mass is 10.2. The number of benzene rings is 1. The highest BCUT2D eigenvalue weighted by molar-refractivity contribution is 7.99. The summed E-state index contributed by atoms with van der Waals surface area (Å²) in [5.74, 6) is 2.45. The second-order valence-corrected chi connectivity index (χ2v) is 5.89. The number of ether oxygens (including phenoxy) is 1. The molecule has 0 amide bonds. The molecule has 0 aliphatic heterocycles. The lowest BCUT2D eigenvalue weighted by Gasteiger charge is -2.09. The molecule has 2 rings (SSSR count). The third-order valence-electron chi connectivity index (χ3n) is 2.80. The highest BCUT2D eigenvalue weighted by atomic mass is 32.2. The Hall–Kier alpha value is -0.740. The Morgan fingerprint density at radius 3 is 2.94 bits per heavy atom. The van der Waals surface area contributed by atoms with E-state index in [2.05, 4.69) is 12.2 Å². The molecule has 1 aromatic rings. The van der Waals surface area contributed by atoms with Gasteiger partial charge >= 0.3 is 0 Å². The maximum absolute atomic E-state index is 13.4. The van der Waals surface area contributed by atoms with Crippen LogP contribution in [-0.2, 0) is 6.54 Å². The minimum Gasteiger partial charge on any atom is -0.493 e. The van der Waals surface area contributed by atoms with Gasteiger partial charge in [0, 0.05) is 24.4 Å². The van der Waals surface area contributed by atoms with Crippen LogP contribution in [-0.4, -0.2) is 24.2 Å². The molecule has 1 fully saturated rings. The Morgan fingerprint density at radius 1 is 1.39 bits per heavy atom. The Labute approximate surface area is 112 Å². The van der Waals surface area contributed by atoms with Crippen LogP contribution in [0.25, 0.3) is 0 Å². The first-order valence-electron chi connectivity index (χ1n) is 6.51. The number of nitrogens with one attached hydrogen (secondary N) is 1. The third kappa shape index (κ3) is 4.86. The van der Waals surface area contributed by atoms with Crippen molar-refractivity contribution < 1.29 is 9.13 Å². The quantitative estimate of drug-likeness (QED) is 0.732. The van der Waals surface area contributed by atoms with Crippen LogP contribution in [0, 0.1) is 5.82 Å². The molecule has 18 heavy (non-hydrogen) atoms. The van der Waals surface area contributed by atoms with Crippen molar-refractivity contribution in [3.63, 3.8) is 0 Å². The van der Waals surface area contributed by atoms with Crippen LogP contribution >= 0.6 is 11.8 Å². The molecular formula is C14H20FNOS. The third-order valence-corrected chi connectivity index (χ3v) is 3.67. The van der Waals surface area contributed by atoms with Gasteiger partial charge in [0.2, 0.25) is 0 Å². The number of hydrogen-bond donors (Lipinski definition) is 1. The first-order valence-corrected chi connectivity index (χ1v) is 7.67. The summed E-state index contributed by atoms with van der Waals surface area (Å²) in [5, 5.41) is 3.38. The molecule has 1 aliphatic carbocycles. The Kier molecular flexibility index (Phi) is 5.32. The summed E-state index contributed by atoms with van der Waals surface area (Å²) in [6, 6.07) is 5.59. The number of rotatable bonds is 8. The van der Waals surface area contributed by atoms with E-state index in [-0.39, 0.29) is 5.82 Å². The van der Waals surface area contributed by atoms with Crippen molar-refractivity contribution in [2.45, 2.75) is 32.4 Å². The van der Waals surface area contributed by atoms with Gasteiger partial charge in [-0.05, 0) is 36.3 Å². The normalized spacial score (nSPS) is 14.8. The van der Waals surface area contributed by atoms with Crippen LogP contribution in [0.15, 0.2) is 18.2 Å². The maximum Gasteiger partial charge on any atom is 0.127 e. The van der Waals surface area contributed by atoms with Gasteiger partial charge in [-0.15, -0.1) is 0 Å². The lowest BCUT2D eigenvalue weighted by molar-refractivity contribution is 0.341. The summed E-state index contributed by atoms with van der Waals surface area (Å²) in [7, 11) is 0. The van der Waals surface area contributed by atoms with Crippen molar-refractivity contribution >= 4 is 11.8 Å². The zero-order chi connectivity index (χ0) is 12.8. The molecule has 0 spiro atoms. The van der Waals surface area contributed by atoms with Crippen LogP contribution in [0.5, 0.6) is 5.75 Å². The molecule has 0 bridgehead atoms. The zero-order valence-electron chi connectivity index (χ0n) is 10.7. The average Bonchev–Trinajstić information content (AvgIpc) is 3.16. The van der Waals surface area contributed by atoms with Crippen LogP contribution in [0.2, 0.25) is 0 Å². The van der Waals surface area contributed by atoms with Gasteiger partial charge in [0.25, 0.3) is 0 Å². The first kappa shape index (κ1) is 13.7. The van der Waals surface area contributed by atoms with E-state index in [1.54, 1.807) is 6.07 Å². The van der Waals surface area contributed by atoms with Gasteiger partial charge in [-0.2, -0.15) is 11.8 Å². The van der Waals surface area contributed by atoms with Gasteiger partial charge < -0.3 is 10.1 Å². The summed E-state index contributed by atoms with van der Waals surface area (Å²) < 4.78 is 19.0. The molecule has 2 nitrogen and oxygen atoms in total. The summed E-state index contributed by atoms with van der Waals surface area (Å²) in [5.41, 5.74) is 0.958. The molecule has 0 aromatic heterocycles. The van der Waals surface area contributed by atoms with E-state index in [9.17, 15) is 4.39 Å². The average molecular weight is 269 g/mol. The Morgan fingerprint density at radius 2 is 2.22 bits per heavy atom. The second kappa shape index (κ2) is 7.00. The molecule has 4 heteroatoms. The van der Waals surface area contributed by atoms with Gasteiger partial charge in [0.15, 0.2) is 0 Å². The highest BCUT2D eigenvalue weighted by Crippen LogP contribution is 2.21. The largest absolute Gasteiger partial charge is 0.493 e. The SMILES string of the molecule is CCSCCOc1cc(F)cc(CNC2CC2)c1. The molecule has 1 aliphatic rings. The minimum absolute atomic E-state index is 0.219. The van der Waals surface area contributed by atoms with Gasteiger partial charge in [0.1, 0.15) is 11.6 Å². The summed E-state index contributed by atoms with van der Waals surface area (Å²) in [6.45, 7) is 3.48. The van der Waals surface area contributed by atoms with Gasteiger partial charge in [-0.1, -0.05) is 6.92 Å². The Balaban J connectivity index is 1.84. The van der Waals surface area contributed by atoms with E-state index in [0.29, 0.717) is 18.4 Å². The first-order chi connectivity index (χ1) is 8.78. The summed E-state index contributed by atoms with van der Waals surface area (Å²) >= 11 is 1.83. The number of hydrogen-bond acceptors (Lipinski definition) is 3. The molecule has 0 atom stereocenters. The van der Waals surface area contributed by atoms with Crippen LogP contribution in [0.3, 0.4) is 0 Å². The fourth-order valence-electron chi connectivity index (χ4n) is 1.72. The maximum atomic E-state index is 13.4. The molecule has 1 saturated carbocycles. The van der Waals surface area contributed by atoms with Crippen molar-refractivity contribution in [2.75, 3.05) is 18.1 Å². The molecule has 1 aromatic carbocycles. The predicted molar refractivity (Wildman–Crippen MR) is 74.8 cm³/mol. The topological polar surface area (TPSA) is 21.3 Å². The summed E-state index contributed by atoms with van der Waals surface area (Å²) in [4.78, 5) is 0. The number of halogens is 1. The molecule has 1 N–H and O–H groups in total. The van der Waals surface area contributed by atoms with E-state index in [0.717, 1.165) is 23.6 Å². The van der Waals surface area contributed by atoms with Crippen molar-refractivity contribution in [2.24, 2.45) is 0 Å². The molecular weight excluding hydrogens is 249 g/mol. The fraction of sp³-hybridized carbons (Fsp3) is 0.571. The zero-order valence-corrected chi connectivity index (χ0v) is 11.6. The van der Waals surface area contributed by atoms with Gasteiger partial charge in [-0.25, -0.2) is 4.39 Å². The lowest BCUT2D eigenvalue weighted by Crippen LogP contribution is -2.15. The number of thioether (sulfide) groups is 1. The fourth-order valence-corrected chi connectivity index (χ4v) is 2.21. The van der Waals surface area contributed by atoms with E-state index >= 15 is 0 Å². The van der Waals surface area contributed by atoms with Crippen molar-refractivity contribution in [1.82, 2.24) is 5.32 Å². The molecule has 0 unspecified atom stereocenters. The van der Waals surface area contributed by atoms with Crippen LogP contribution in [0.1, 0.15) is 25.3 Å². The minimum atomic E-state index is -0.219. The smallest absolute Gasteiger partial charge is 0.127 e. The van der Waals surface area contributed by atoms with Crippen molar-refractivity contribution in [3.8, 4) is 5.75 Å². The second-order valence-electron chi connectivity index (χ2n) is 4.50. The van der Waals surface area contributed by atoms with E-state index < -0.39 is 0 Å². The van der Waals surface area contributed by atoms with Crippen LogP contribution in [0.4, 0.5) is 4.39 Å². The molecule has 0 saturated heterocycles. The summed E-state index contributed by atoms with van der Waals surface area (Å²) in [6.07, 6.45) is 2.49. The van der Waals surface area contributed by atoms with E-state index in [4.69, 9.17) is 4.74 Å². The molecule has 0 radical (unpaired) electrons. The van der Waals surface area contributed by atoms with Crippen molar-refractivity contribution in [3.05, 3.63) is 29.6 Å². The Bertz CT molecular complexity index is 382. The monoisotopic (exact) mass is 269 g/mol. The van der Waals surface area contributed by atoms with E-state index in [1.807, 2.05) is 17.8 Å².